The van der Waals surface area contributed by atoms with Crippen molar-refractivity contribution in [3.63, 3.8) is 0 Å². The molecule has 0 aromatic heterocycles. The van der Waals surface area contributed by atoms with Gasteiger partial charge < -0.3 is 14.5 Å². The van der Waals surface area contributed by atoms with E-state index in [0.717, 1.165) is 12.1 Å². The van der Waals surface area contributed by atoms with Crippen molar-refractivity contribution in [2.45, 2.75) is 11.0 Å². The third kappa shape index (κ3) is 5.56. The van der Waals surface area contributed by atoms with Gasteiger partial charge in [-0.1, -0.05) is 12.1 Å². The molecular formula is C23H24F2N2O3S2. The van der Waals surface area contributed by atoms with E-state index in [4.69, 9.17) is 4.74 Å². The van der Waals surface area contributed by atoms with Crippen molar-refractivity contribution in [3.8, 4) is 5.75 Å². The monoisotopic (exact) mass is 478 g/mol. The number of rotatable bonds is 5. The summed E-state index contributed by atoms with van der Waals surface area (Å²) in [5.41, 5.74) is 1.36. The summed E-state index contributed by atoms with van der Waals surface area (Å²) in [5, 5.41) is 0. The smallest absolute Gasteiger partial charge is 0.260 e. The van der Waals surface area contributed by atoms with Crippen LogP contribution in [-0.4, -0.2) is 65.9 Å². The highest BCUT2D eigenvalue weighted by Gasteiger charge is 2.25. The highest BCUT2D eigenvalue weighted by molar-refractivity contribution is 8.16. The van der Waals surface area contributed by atoms with E-state index in [9.17, 15) is 18.4 Å². The Labute approximate surface area is 194 Å². The molecule has 0 saturated carbocycles. The summed E-state index contributed by atoms with van der Waals surface area (Å²) in [6.45, 7) is 1.33. The summed E-state index contributed by atoms with van der Waals surface area (Å²) in [5.74, 6) is 0.465. The van der Waals surface area contributed by atoms with E-state index >= 15 is 0 Å². The lowest BCUT2D eigenvalue weighted by molar-refractivity contribution is -0.134. The fraction of sp³-hybridized carbons (Fsp3) is 0.391. The SMILES string of the molecule is O=C(COc1ccc(C2SCCCS2)cc1)N1CCN(C(=O)c2ccc(F)c(F)c2)CC1. The molecule has 32 heavy (non-hydrogen) atoms. The summed E-state index contributed by atoms with van der Waals surface area (Å²) in [4.78, 5) is 28.2. The zero-order valence-electron chi connectivity index (χ0n) is 17.5. The second-order valence-electron chi connectivity index (χ2n) is 7.59. The Morgan fingerprint density at radius 3 is 2.22 bits per heavy atom. The molecule has 0 unspecified atom stereocenters. The van der Waals surface area contributed by atoms with Gasteiger partial charge in [0.05, 0.1) is 4.58 Å². The number of carbonyl (C=O) groups is 2. The Bertz CT molecular complexity index is 960. The fourth-order valence-electron chi connectivity index (χ4n) is 3.61. The van der Waals surface area contributed by atoms with Crippen LogP contribution in [0.15, 0.2) is 42.5 Å². The summed E-state index contributed by atoms with van der Waals surface area (Å²) in [6, 6.07) is 11.0. The third-order valence-corrected chi connectivity index (χ3v) is 8.44. The summed E-state index contributed by atoms with van der Waals surface area (Å²) < 4.78 is 32.6. The van der Waals surface area contributed by atoms with Crippen LogP contribution in [0.5, 0.6) is 5.75 Å². The predicted octanol–water partition coefficient (Wildman–Crippen LogP) is 4.20. The molecule has 2 aromatic carbocycles. The topological polar surface area (TPSA) is 49.9 Å². The number of nitrogens with zero attached hydrogens (tertiary/aromatic N) is 2. The van der Waals surface area contributed by atoms with Crippen LogP contribution in [0, 0.1) is 11.6 Å². The van der Waals surface area contributed by atoms with Gasteiger partial charge in [0.15, 0.2) is 18.2 Å². The Balaban J connectivity index is 1.24. The molecule has 2 saturated heterocycles. The van der Waals surface area contributed by atoms with Gasteiger partial charge in [0.2, 0.25) is 0 Å². The first kappa shape index (κ1) is 22.9. The Morgan fingerprint density at radius 2 is 1.56 bits per heavy atom. The van der Waals surface area contributed by atoms with E-state index in [2.05, 4.69) is 12.1 Å². The zero-order valence-corrected chi connectivity index (χ0v) is 19.1. The largest absolute Gasteiger partial charge is 0.484 e. The van der Waals surface area contributed by atoms with E-state index in [1.165, 1.54) is 34.5 Å². The second kappa shape index (κ2) is 10.6. The second-order valence-corrected chi connectivity index (χ2v) is 10.3. The molecule has 0 aliphatic carbocycles. The van der Waals surface area contributed by atoms with Gasteiger partial charge >= 0.3 is 0 Å². The van der Waals surface area contributed by atoms with Gasteiger partial charge in [-0.15, -0.1) is 23.5 Å². The number of amides is 2. The first-order valence-corrected chi connectivity index (χ1v) is 12.6. The Morgan fingerprint density at radius 1 is 0.906 bits per heavy atom. The Kier molecular flexibility index (Phi) is 7.57. The molecule has 4 rings (SSSR count). The summed E-state index contributed by atoms with van der Waals surface area (Å²) in [7, 11) is 0. The highest BCUT2D eigenvalue weighted by atomic mass is 32.2. The van der Waals surface area contributed by atoms with Crippen LogP contribution in [-0.2, 0) is 4.79 Å². The molecule has 170 valence electrons. The maximum absolute atomic E-state index is 13.4. The van der Waals surface area contributed by atoms with E-state index in [1.54, 1.807) is 4.90 Å². The van der Waals surface area contributed by atoms with Gasteiger partial charge in [-0.25, -0.2) is 8.78 Å². The van der Waals surface area contributed by atoms with Crippen molar-refractivity contribution < 1.29 is 23.1 Å². The maximum atomic E-state index is 13.4. The minimum Gasteiger partial charge on any atom is -0.484 e. The van der Waals surface area contributed by atoms with E-state index in [0.29, 0.717) is 36.5 Å². The summed E-state index contributed by atoms with van der Waals surface area (Å²) in [6.07, 6.45) is 1.25. The molecule has 0 atom stereocenters. The number of ether oxygens (including phenoxy) is 1. The average Bonchev–Trinajstić information content (AvgIpc) is 2.85. The number of carbonyl (C=O) groups excluding carboxylic acids is 2. The van der Waals surface area contributed by atoms with Gasteiger partial charge in [-0.3, -0.25) is 9.59 Å². The molecule has 2 aliphatic heterocycles. The lowest BCUT2D eigenvalue weighted by Crippen LogP contribution is -2.51. The minimum absolute atomic E-state index is 0.0661. The maximum Gasteiger partial charge on any atom is 0.260 e. The number of thioether (sulfide) groups is 2. The van der Waals surface area contributed by atoms with Crippen molar-refractivity contribution in [3.05, 3.63) is 65.2 Å². The molecule has 0 spiro atoms. The van der Waals surface area contributed by atoms with Crippen LogP contribution >= 0.6 is 23.5 Å². The fourth-order valence-corrected chi connectivity index (χ4v) is 6.50. The lowest BCUT2D eigenvalue weighted by atomic mass is 10.1. The van der Waals surface area contributed by atoms with Crippen molar-refractivity contribution in [1.29, 1.82) is 0 Å². The molecular weight excluding hydrogens is 454 g/mol. The van der Waals surface area contributed by atoms with Gasteiger partial charge in [-0.05, 0) is 53.8 Å². The van der Waals surface area contributed by atoms with Gasteiger partial charge in [0, 0.05) is 31.7 Å². The number of hydrogen-bond donors (Lipinski definition) is 0. The van der Waals surface area contributed by atoms with E-state index in [-0.39, 0.29) is 24.0 Å². The van der Waals surface area contributed by atoms with Crippen LogP contribution in [0.3, 0.4) is 0 Å². The molecule has 2 heterocycles. The molecule has 2 amide bonds. The van der Waals surface area contributed by atoms with Gasteiger partial charge in [0.25, 0.3) is 11.8 Å². The van der Waals surface area contributed by atoms with Crippen LogP contribution in [0.25, 0.3) is 0 Å². The quantitative estimate of drug-likeness (QED) is 0.645. The number of halogens is 2. The molecule has 0 N–H and O–H groups in total. The average molecular weight is 479 g/mol. The predicted molar refractivity (Wildman–Crippen MR) is 123 cm³/mol. The normalized spacial score (nSPS) is 17.3. The Hall–Kier alpha value is -2.26. The van der Waals surface area contributed by atoms with Crippen molar-refractivity contribution in [2.24, 2.45) is 0 Å². The molecule has 0 bridgehead atoms. The number of piperazine rings is 1. The molecule has 2 fully saturated rings. The van der Waals surface area contributed by atoms with Crippen LogP contribution in [0.1, 0.15) is 26.9 Å². The minimum atomic E-state index is -1.05. The van der Waals surface area contributed by atoms with Crippen molar-refractivity contribution in [2.75, 3.05) is 44.3 Å². The van der Waals surface area contributed by atoms with Crippen LogP contribution in [0.2, 0.25) is 0 Å². The zero-order chi connectivity index (χ0) is 22.5. The molecule has 0 radical (unpaired) electrons. The first-order valence-electron chi connectivity index (χ1n) is 10.5. The van der Waals surface area contributed by atoms with Crippen molar-refractivity contribution in [1.82, 2.24) is 9.80 Å². The molecule has 2 aliphatic rings. The van der Waals surface area contributed by atoms with E-state index in [1.807, 2.05) is 35.7 Å². The molecule has 9 heteroatoms. The number of hydrogen-bond acceptors (Lipinski definition) is 5. The van der Waals surface area contributed by atoms with Gasteiger partial charge in [0.1, 0.15) is 5.75 Å². The number of benzene rings is 2. The molecule has 2 aromatic rings. The van der Waals surface area contributed by atoms with Crippen LogP contribution < -0.4 is 4.74 Å². The molecule has 5 nitrogen and oxygen atoms in total. The van der Waals surface area contributed by atoms with Crippen molar-refractivity contribution >= 4 is 35.3 Å². The lowest BCUT2D eigenvalue weighted by Gasteiger charge is -2.34. The van der Waals surface area contributed by atoms with Gasteiger partial charge in [-0.2, -0.15) is 0 Å². The van der Waals surface area contributed by atoms with E-state index < -0.39 is 11.6 Å². The summed E-state index contributed by atoms with van der Waals surface area (Å²) >= 11 is 3.92. The third-order valence-electron chi connectivity index (χ3n) is 5.43. The first-order chi connectivity index (χ1) is 15.5. The highest BCUT2D eigenvalue weighted by Crippen LogP contribution is 2.43. The standard InChI is InChI=1S/C23H24F2N2O3S2/c24-19-7-4-17(14-20(19)25)22(29)27-10-8-26(9-11-27)21(28)15-30-18-5-2-16(3-6-18)23-31-12-1-13-32-23/h2-7,14,23H,1,8-13,15H2. The van der Waals surface area contributed by atoms with Crippen LogP contribution in [0.4, 0.5) is 8.78 Å².